The molecule has 0 spiro atoms. The Morgan fingerprint density at radius 1 is 1.39 bits per heavy atom. The summed E-state index contributed by atoms with van der Waals surface area (Å²) in [4.78, 5) is 15.9. The molecule has 0 aliphatic carbocycles. The van der Waals surface area contributed by atoms with Crippen molar-refractivity contribution in [3.05, 3.63) is 48.0 Å². The van der Waals surface area contributed by atoms with E-state index in [0.717, 1.165) is 0 Å². The van der Waals surface area contributed by atoms with Crippen molar-refractivity contribution in [3.63, 3.8) is 0 Å². The molecule has 0 bridgehead atoms. The Labute approximate surface area is 133 Å². The number of aromatic hydroxyl groups is 1. The maximum Gasteiger partial charge on any atom is 0.319 e. The molecule has 0 fully saturated rings. The van der Waals surface area contributed by atoms with Crippen LogP contribution in [-0.4, -0.2) is 22.2 Å². The Morgan fingerprint density at radius 3 is 2.87 bits per heavy atom. The number of pyridine rings is 1. The molecule has 2 amide bonds. The number of hydrogen-bond donors (Lipinski definition) is 3. The van der Waals surface area contributed by atoms with Crippen molar-refractivity contribution in [1.82, 2.24) is 10.3 Å². The van der Waals surface area contributed by atoms with Crippen LogP contribution >= 0.6 is 0 Å². The van der Waals surface area contributed by atoms with Crippen LogP contribution in [0, 0.1) is 5.82 Å². The van der Waals surface area contributed by atoms with Crippen LogP contribution in [0.25, 0.3) is 0 Å². The molecule has 3 N–H and O–H groups in total. The lowest BCUT2D eigenvalue weighted by molar-refractivity contribution is 0.241. The van der Waals surface area contributed by atoms with Crippen molar-refractivity contribution in [2.45, 2.75) is 26.5 Å². The largest absolute Gasteiger partial charge is 0.507 e. The zero-order valence-corrected chi connectivity index (χ0v) is 12.8. The molecule has 7 heteroatoms. The zero-order chi connectivity index (χ0) is 16.8. The van der Waals surface area contributed by atoms with Crippen LogP contribution in [0.3, 0.4) is 0 Å². The average Bonchev–Trinajstić information content (AvgIpc) is 2.48. The summed E-state index contributed by atoms with van der Waals surface area (Å²) >= 11 is 0. The molecule has 0 atom stereocenters. The van der Waals surface area contributed by atoms with E-state index in [2.05, 4.69) is 15.6 Å². The lowest BCUT2D eigenvalue weighted by Gasteiger charge is -2.15. The molecule has 122 valence electrons. The lowest BCUT2D eigenvalue weighted by Crippen LogP contribution is -2.29. The minimum absolute atomic E-state index is 0.0241. The standard InChI is InChI=1S/C16H18FN3O3/c1-10(2)23-15-9-18-7-6-13(15)20-16(22)19-8-11-12(17)4-3-5-14(11)21/h3-7,9-10,21H,8H2,1-2H3,(H2,18,19,20,22). The van der Waals surface area contributed by atoms with Gasteiger partial charge >= 0.3 is 6.03 Å². The number of phenols is 1. The molecule has 0 unspecified atom stereocenters. The van der Waals surface area contributed by atoms with E-state index in [4.69, 9.17) is 4.74 Å². The monoisotopic (exact) mass is 319 g/mol. The Morgan fingerprint density at radius 2 is 2.17 bits per heavy atom. The topological polar surface area (TPSA) is 83.5 Å². The highest BCUT2D eigenvalue weighted by molar-refractivity contribution is 5.90. The van der Waals surface area contributed by atoms with Crippen molar-refractivity contribution < 1.29 is 19.0 Å². The summed E-state index contributed by atoms with van der Waals surface area (Å²) in [5, 5.41) is 14.7. The van der Waals surface area contributed by atoms with Gasteiger partial charge in [0.2, 0.25) is 0 Å². The van der Waals surface area contributed by atoms with Gasteiger partial charge in [-0.2, -0.15) is 0 Å². The highest BCUT2D eigenvalue weighted by Crippen LogP contribution is 2.24. The van der Waals surface area contributed by atoms with E-state index >= 15 is 0 Å². The van der Waals surface area contributed by atoms with E-state index in [1.807, 2.05) is 13.8 Å². The number of nitrogens with one attached hydrogen (secondary N) is 2. The number of halogens is 1. The van der Waals surface area contributed by atoms with Gasteiger partial charge in [0.15, 0.2) is 5.75 Å². The number of amides is 2. The van der Waals surface area contributed by atoms with Gasteiger partial charge in [-0.3, -0.25) is 4.98 Å². The Kier molecular flexibility index (Phi) is 5.35. The summed E-state index contributed by atoms with van der Waals surface area (Å²) in [6.07, 6.45) is 2.95. The van der Waals surface area contributed by atoms with Crippen LogP contribution in [-0.2, 0) is 6.54 Å². The molecule has 1 aromatic heterocycles. The molecule has 1 heterocycles. The van der Waals surface area contributed by atoms with Crippen molar-refractivity contribution in [2.75, 3.05) is 5.32 Å². The summed E-state index contributed by atoms with van der Waals surface area (Å²) in [5.74, 6) is -0.359. The Bertz CT molecular complexity index is 672. The van der Waals surface area contributed by atoms with Gasteiger partial charge in [0.05, 0.1) is 24.5 Å². The first-order valence-corrected chi connectivity index (χ1v) is 7.09. The number of aromatic nitrogens is 1. The number of urea groups is 1. The van der Waals surface area contributed by atoms with Gasteiger partial charge in [-0.15, -0.1) is 0 Å². The van der Waals surface area contributed by atoms with E-state index in [1.165, 1.54) is 30.6 Å². The maximum atomic E-state index is 13.6. The number of rotatable bonds is 5. The van der Waals surface area contributed by atoms with E-state index in [0.29, 0.717) is 11.4 Å². The summed E-state index contributed by atoms with van der Waals surface area (Å²) in [5.41, 5.74) is 0.472. The fourth-order valence-electron chi connectivity index (χ4n) is 1.89. The van der Waals surface area contributed by atoms with Crippen LogP contribution in [0.15, 0.2) is 36.7 Å². The molecule has 6 nitrogen and oxygen atoms in total. The number of carbonyl (C=O) groups excluding carboxylic acids is 1. The second-order valence-corrected chi connectivity index (χ2v) is 5.08. The van der Waals surface area contributed by atoms with Gasteiger partial charge in [0.25, 0.3) is 0 Å². The Balaban J connectivity index is 2.00. The van der Waals surface area contributed by atoms with Crippen molar-refractivity contribution in [2.24, 2.45) is 0 Å². The van der Waals surface area contributed by atoms with E-state index < -0.39 is 11.8 Å². The van der Waals surface area contributed by atoms with Crippen molar-refractivity contribution in [1.29, 1.82) is 0 Å². The first-order valence-electron chi connectivity index (χ1n) is 7.09. The van der Waals surface area contributed by atoms with Crippen LogP contribution < -0.4 is 15.4 Å². The first kappa shape index (κ1) is 16.5. The number of anilines is 1. The third-order valence-corrected chi connectivity index (χ3v) is 2.92. The predicted molar refractivity (Wildman–Crippen MR) is 83.9 cm³/mol. The second kappa shape index (κ2) is 7.44. The average molecular weight is 319 g/mol. The predicted octanol–water partition coefficient (Wildman–Crippen LogP) is 3.04. The molecule has 1 aromatic carbocycles. The highest BCUT2D eigenvalue weighted by Gasteiger charge is 2.12. The van der Waals surface area contributed by atoms with E-state index in [9.17, 15) is 14.3 Å². The minimum Gasteiger partial charge on any atom is -0.507 e. The molecule has 0 saturated carbocycles. The van der Waals surface area contributed by atoms with Crippen LogP contribution in [0.5, 0.6) is 11.5 Å². The van der Waals surface area contributed by atoms with E-state index in [-0.39, 0.29) is 24.0 Å². The molecule has 23 heavy (non-hydrogen) atoms. The number of carbonyl (C=O) groups is 1. The van der Waals surface area contributed by atoms with Gasteiger partial charge in [-0.05, 0) is 32.0 Å². The molecule has 2 aromatic rings. The van der Waals surface area contributed by atoms with Gasteiger partial charge in [0.1, 0.15) is 11.6 Å². The first-order chi connectivity index (χ1) is 11.0. The molecule has 0 aliphatic rings. The molecule has 0 saturated heterocycles. The number of benzene rings is 1. The van der Waals surface area contributed by atoms with Crippen molar-refractivity contribution in [3.8, 4) is 11.5 Å². The van der Waals surface area contributed by atoms with E-state index in [1.54, 1.807) is 6.07 Å². The summed E-state index contributed by atoms with van der Waals surface area (Å²) in [6, 6.07) is 5.01. The number of nitrogens with zero attached hydrogens (tertiary/aromatic N) is 1. The molecular formula is C16H18FN3O3. The fraction of sp³-hybridized carbons (Fsp3) is 0.250. The SMILES string of the molecule is CC(C)Oc1cnccc1NC(=O)NCc1c(O)cccc1F. The third kappa shape index (κ3) is 4.57. The quantitative estimate of drug-likeness (QED) is 0.791. The summed E-state index contributed by atoms with van der Waals surface area (Å²) < 4.78 is 19.1. The normalized spacial score (nSPS) is 10.4. The molecular weight excluding hydrogens is 301 g/mol. The number of phenolic OH excluding ortho intramolecular Hbond substituents is 1. The molecule has 2 rings (SSSR count). The summed E-state index contributed by atoms with van der Waals surface area (Å²) in [7, 11) is 0. The zero-order valence-electron chi connectivity index (χ0n) is 12.8. The maximum absolute atomic E-state index is 13.6. The van der Waals surface area contributed by atoms with Crippen LogP contribution in [0.1, 0.15) is 19.4 Å². The third-order valence-electron chi connectivity index (χ3n) is 2.92. The van der Waals surface area contributed by atoms with Crippen LogP contribution in [0.4, 0.5) is 14.9 Å². The smallest absolute Gasteiger partial charge is 0.319 e. The summed E-state index contributed by atoms with van der Waals surface area (Å²) in [6.45, 7) is 3.57. The molecule has 0 aliphatic heterocycles. The molecule has 0 radical (unpaired) electrons. The van der Waals surface area contributed by atoms with Gasteiger partial charge in [-0.1, -0.05) is 6.07 Å². The number of hydrogen-bond acceptors (Lipinski definition) is 4. The highest BCUT2D eigenvalue weighted by atomic mass is 19.1. The fourth-order valence-corrected chi connectivity index (χ4v) is 1.89. The van der Waals surface area contributed by atoms with Crippen LogP contribution in [0.2, 0.25) is 0 Å². The second-order valence-electron chi connectivity index (χ2n) is 5.08. The number of ether oxygens (including phenoxy) is 1. The minimum atomic E-state index is -0.585. The lowest BCUT2D eigenvalue weighted by atomic mass is 10.2. The van der Waals surface area contributed by atoms with Gasteiger partial charge in [0, 0.05) is 11.8 Å². The van der Waals surface area contributed by atoms with Gasteiger partial charge in [-0.25, -0.2) is 9.18 Å². The van der Waals surface area contributed by atoms with Crippen molar-refractivity contribution >= 4 is 11.7 Å². The Hall–Kier alpha value is -2.83. The van der Waals surface area contributed by atoms with Gasteiger partial charge < -0.3 is 20.5 Å².